The van der Waals surface area contributed by atoms with Gasteiger partial charge < -0.3 is 4.74 Å². The van der Waals surface area contributed by atoms with Crippen molar-refractivity contribution in [1.82, 2.24) is 0 Å². The number of rotatable bonds is 4. The van der Waals surface area contributed by atoms with E-state index in [9.17, 15) is 4.79 Å². The number of nitrogens with two attached hydrogens (primary N) is 1. The van der Waals surface area contributed by atoms with Crippen LogP contribution in [0.3, 0.4) is 0 Å². The van der Waals surface area contributed by atoms with Gasteiger partial charge >= 0.3 is 5.97 Å². The highest BCUT2D eigenvalue weighted by Crippen LogP contribution is 2.16. The van der Waals surface area contributed by atoms with E-state index in [1.807, 2.05) is 6.92 Å². The Morgan fingerprint density at radius 2 is 2.08 bits per heavy atom. The fourth-order valence-corrected chi connectivity index (χ4v) is 1.23. The van der Waals surface area contributed by atoms with Gasteiger partial charge in [0, 0.05) is 0 Å². The van der Waals surface area contributed by atoms with Gasteiger partial charge in [-0.25, -0.2) is 10.7 Å². The molecule has 0 aliphatic rings. The van der Waals surface area contributed by atoms with Crippen LogP contribution in [0.2, 0.25) is 0 Å². The van der Waals surface area contributed by atoms with Crippen LogP contribution in [-0.2, 0) is 14.4 Å². The first-order chi connectivity index (χ1) is 5.90. The predicted molar refractivity (Wildman–Crippen MR) is 53.0 cm³/mol. The van der Waals surface area contributed by atoms with E-state index < -0.39 is 17.0 Å². The third kappa shape index (κ3) is 5.90. The summed E-state index contributed by atoms with van der Waals surface area (Å²) in [6, 6.07) is 0. The van der Waals surface area contributed by atoms with Crippen molar-refractivity contribution in [2.24, 2.45) is 5.90 Å². The highest BCUT2D eigenvalue weighted by Gasteiger charge is 2.25. The molecule has 0 aromatic carbocycles. The van der Waals surface area contributed by atoms with Crippen molar-refractivity contribution in [2.75, 3.05) is 5.75 Å². The molecule has 0 radical (unpaired) electrons. The van der Waals surface area contributed by atoms with E-state index in [1.165, 1.54) is 11.8 Å². The molecule has 0 aliphatic heterocycles. The van der Waals surface area contributed by atoms with Crippen molar-refractivity contribution in [2.45, 2.75) is 38.7 Å². The van der Waals surface area contributed by atoms with Gasteiger partial charge in [-0.3, -0.25) is 4.84 Å². The zero-order chi connectivity index (χ0) is 10.5. The van der Waals surface area contributed by atoms with Crippen LogP contribution in [0.5, 0.6) is 0 Å². The Balaban J connectivity index is 4.06. The maximum atomic E-state index is 11.3. The van der Waals surface area contributed by atoms with Gasteiger partial charge in [0.1, 0.15) is 5.60 Å². The molecule has 1 atom stereocenters. The van der Waals surface area contributed by atoms with E-state index in [4.69, 9.17) is 10.6 Å². The monoisotopic (exact) mass is 207 g/mol. The topological polar surface area (TPSA) is 61.5 Å². The molecule has 0 amide bonds. The Labute approximate surface area is 83.1 Å². The van der Waals surface area contributed by atoms with Gasteiger partial charge in [0.05, 0.1) is 0 Å². The largest absolute Gasteiger partial charge is 0.457 e. The standard InChI is InChI=1S/C8H17NO3S/c1-5-13-7(12-9)6(10)11-8(2,3)4/h7H,5,9H2,1-4H3. The molecular formula is C8H17NO3S. The summed E-state index contributed by atoms with van der Waals surface area (Å²) in [6.45, 7) is 7.32. The van der Waals surface area contributed by atoms with E-state index in [0.717, 1.165) is 5.75 Å². The van der Waals surface area contributed by atoms with Gasteiger partial charge in [-0.05, 0) is 26.5 Å². The maximum absolute atomic E-state index is 11.3. The van der Waals surface area contributed by atoms with E-state index in [1.54, 1.807) is 20.8 Å². The molecule has 0 bridgehead atoms. The first-order valence-corrected chi connectivity index (χ1v) is 5.15. The van der Waals surface area contributed by atoms with Crippen LogP contribution in [-0.4, -0.2) is 22.8 Å². The van der Waals surface area contributed by atoms with E-state index >= 15 is 0 Å². The molecule has 4 nitrogen and oxygen atoms in total. The van der Waals surface area contributed by atoms with E-state index in [2.05, 4.69) is 4.84 Å². The number of ether oxygens (including phenoxy) is 1. The average molecular weight is 207 g/mol. The van der Waals surface area contributed by atoms with Crippen molar-refractivity contribution in [1.29, 1.82) is 0 Å². The predicted octanol–water partition coefficient (Wildman–Crippen LogP) is 1.30. The molecule has 0 spiro atoms. The third-order valence-electron chi connectivity index (χ3n) is 1.04. The highest BCUT2D eigenvalue weighted by molar-refractivity contribution is 8.00. The number of hydrogen-bond donors (Lipinski definition) is 1. The van der Waals surface area contributed by atoms with Crippen LogP contribution in [0.25, 0.3) is 0 Å². The lowest BCUT2D eigenvalue weighted by Gasteiger charge is -2.22. The molecule has 1 unspecified atom stereocenters. The molecule has 0 heterocycles. The fraction of sp³-hybridized carbons (Fsp3) is 0.875. The number of esters is 1. The second-order valence-corrected chi connectivity index (χ2v) is 4.80. The van der Waals surface area contributed by atoms with Gasteiger partial charge in [-0.15, -0.1) is 11.8 Å². The van der Waals surface area contributed by atoms with Crippen LogP contribution in [0.15, 0.2) is 0 Å². The molecule has 5 heteroatoms. The minimum absolute atomic E-state index is 0.429. The minimum Gasteiger partial charge on any atom is -0.457 e. The quantitative estimate of drug-likeness (QED) is 0.427. The summed E-state index contributed by atoms with van der Waals surface area (Å²) in [5, 5.41) is 0. The summed E-state index contributed by atoms with van der Waals surface area (Å²) in [7, 11) is 0. The lowest BCUT2D eigenvalue weighted by molar-refractivity contribution is -0.162. The summed E-state index contributed by atoms with van der Waals surface area (Å²) >= 11 is 1.30. The summed E-state index contributed by atoms with van der Waals surface area (Å²) < 4.78 is 5.08. The van der Waals surface area contributed by atoms with E-state index in [-0.39, 0.29) is 0 Å². The smallest absolute Gasteiger partial charge is 0.348 e. The van der Waals surface area contributed by atoms with Gasteiger partial charge in [0.25, 0.3) is 0 Å². The Bertz CT molecular complexity index is 167. The van der Waals surface area contributed by atoms with Crippen LogP contribution < -0.4 is 5.90 Å². The van der Waals surface area contributed by atoms with Crippen LogP contribution in [0.1, 0.15) is 27.7 Å². The van der Waals surface area contributed by atoms with Crippen LogP contribution in [0, 0.1) is 0 Å². The average Bonchev–Trinajstić information content (AvgIpc) is 1.96. The normalized spacial score (nSPS) is 13.9. The fourth-order valence-electron chi connectivity index (χ4n) is 0.664. The van der Waals surface area contributed by atoms with Gasteiger partial charge in [-0.1, -0.05) is 6.92 Å². The second kappa shape index (κ2) is 5.47. The maximum Gasteiger partial charge on any atom is 0.348 e. The molecule has 0 aromatic rings. The Kier molecular flexibility index (Phi) is 5.36. The number of thioether (sulfide) groups is 1. The van der Waals surface area contributed by atoms with Gasteiger partial charge in [0.15, 0.2) is 0 Å². The SMILES string of the molecule is CCSC(ON)C(=O)OC(C)(C)C. The highest BCUT2D eigenvalue weighted by atomic mass is 32.2. The third-order valence-corrected chi connectivity index (χ3v) is 1.98. The van der Waals surface area contributed by atoms with Crippen molar-refractivity contribution in [3.8, 4) is 0 Å². The molecule has 0 aliphatic carbocycles. The summed E-state index contributed by atoms with van der Waals surface area (Å²) in [4.78, 5) is 15.8. The molecule has 0 rings (SSSR count). The Morgan fingerprint density at radius 1 is 1.54 bits per heavy atom. The number of carbonyl (C=O) groups is 1. The molecule has 13 heavy (non-hydrogen) atoms. The van der Waals surface area contributed by atoms with Crippen molar-refractivity contribution >= 4 is 17.7 Å². The molecule has 0 fully saturated rings. The zero-order valence-corrected chi connectivity index (χ0v) is 9.31. The zero-order valence-electron chi connectivity index (χ0n) is 8.49. The van der Waals surface area contributed by atoms with Crippen molar-refractivity contribution in [3.63, 3.8) is 0 Å². The van der Waals surface area contributed by atoms with Crippen LogP contribution in [0.4, 0.5) is 0 Å². The van der Waals surface area contributed by atoms with Crippen molar-refractivity contribution < 1.29 is 14.4 Å². The summed E-state index contributed by atoms with van der Waals surface area (Å²) in [6.07, 6.45) is 0. The number of carbonyl (C=O) groups excluding carboxylic acids is 1. The van der Waals surface area contributed by atoms with Gasteiger partial charge in [0.2, 0.25) is 5.44 Å². The summed E-state index contributed by atoms with van der Waals surface area (Å²) in [5.74, 6) is 5.28. The molecule has 0 saturated carbocycles. The lowest BCUT2D eigenvalue weighted by Crippen LogP contribution is -2.33. The Hall–Kier alpha value is -0.260. The molecule has 0 saturated heterocycles. The van der Waals surface area contributed by atoms with Crippen molar-refractivity contribution in [3.05, 3.63) is 0 Å². The van der Waals surface area contributed by atoms with E-state index in [0.29, 0.717) is 0 Å². The second-order valence-electron chi connectivity index (χ2n) is 3.46. The first kappa shape index (κ1) is 12.7. The molecular weight excluding hydrogens is 190 g/mol. The van der Waals surface area contributed by atoms with Gasteiger partial charge in [-0.2, -0.15) is 0 Å². The summed E-state index contributed by atoms with van der Waals surface area (Å²) in [5.41, 5.74) is -1.22. The molecule has 2 N–H and O–H groups in total. The first-order valence-electron chi connectivity index (χ1n) is 4.10. The van der Waals surface area contributed by atoms with Crippen LogP contribution >= 0.6 is 11.8 Å². The lowest BCUT2D eigenvalue weighted by atomic mass is 10.2. The number of hydrogen-bond acceptors (Lipinski definition) is 5. The Morgan fingerprint density at radius 3 is 2.38 bits per heavy atom. The molecule has 0 aromatic heterocycles. The molecule has 78 valence electrons. The minimum atomic E-state index is -0.718.